The van der Waals surface area contributed by atoms with Crippen molar-refractivity contribution in [1.29, 1.82) is 0 Å². The average Bonchev–Trinajstić information content (AvgIpc) is 3.24. The predicted molar refractivity (Wildman–Crippen MR) is 101 cm³/mol. The summed E-state index contributed by atoms with van der Waals surface area (Å²) in [5.74, 6) is 0.980. The molecule has 0 spiro atoms. The zero-order chi connectivity index (χ0) is 17.8. The van der Waals surface area contributed by atoms with E-state index >= 15 is 0 Å². The number of piperidine rings is 1. The molecule has 1 aromatic heterocycles. The van der Waals surface area contributed by atoms with Gasteiger partial charge in [-0.2, -0.15) is 5.10 Å². The Hall–Kier alpha value is -1.36. The molecule has 1 N–H and O–H groups in total. The number of hydrogen-bond acceptors (Lipinski definition) is 3. The summed E-state index contributed by atoms with van der Waals surface area (Å²) in [6.07, 6.45) is 7.75. The second-order valence-electron chi connectivity index (χ2n) is 8.03. The van der Waals surface area contributed by atoms with E-state index < -0.39 is 0 Å². The minimum atomic E-state index is -0.0922. The van der Waals surface area contributed by atoms with Gasteiger partial charge in [-0.25, -0.2) is 0 Å². The number of nitrogens with one attached hydrogen (secondary N) is 1. The van der Waals surface area contributed by atoms with E-state index in [2.05, 4.69) is 20.0 Å². The molecule has 2 aliphatic heterocycles. The number of H-pyrrole nitrogens is 1. The van der Waals surface area contributed by atoms with E-state index in [-0.39, 0.29) is 11.8 Å². The third-order valence-electron chi connectivity index (χ3n) is 6.20. The van der Waals surface area contributed by atoms with Crippen LogP contribution < -0.4 is 0 Å². The van der Waals surface area contributed by atoms with Crippen LogP contribution in [0.1, 0.15) is 68.3 Å². The van der Waals surface area contributed by atoms with Crippen molar-refractivity contribution in [2.24, 2.45) is 5.92 Å². The van der Waals surface area contributed by atoms with Crippen LogP contribution in [0.5, 0.6) is 0 Å². The van der Waals surface area contributed by atoms with Crippen LogP contribution >= 0.6 is 0 Å². The van der Waals surface area contributed by atoms with Crippen LogP contribution in [0, 0.1) is 19.8 Å². The minimum absolute atomic E-state index is 0.0922. The predicted octanol–water partition coefficient (Wildman–Crippen LogP) is 3.24. The highest BCUT2D eigenvalue weighted by atomic mass is 16.2. The Morgan fingerprint density at radius 1 is 1.20 bits per heavy atom. The number of nitrogens with zero attached hydrogens (tertiary/aromatic N) is 3. The Bertz CT molecular complexity index is 549. The van der Waals surface area contributed by atoms with Crippen molar-refractivity contribution >= 4 is 5.91 Å². The highest BCUT2D eigenvalue weighted by Gasteiger charge is 2.29. The first kappa shape index (κ1) is 18.4. The molecule has 5 nitrogen and oxygen atoms in total. The fourth-order valence-corrected chi connectivity index (χ4v) is 4.65. The Labute approximate surface area is 152 Å². The van der Waals surface area contributed by atoms with Crippen LogP contribution in [0.4, 0.5) is 0 Å². The standard InChI is InChI=1S/C20H34N4O/c1-15(19-16(2)21-22-17(19)3)20(25)24-13-8-18(9-14-24)7-6-12-23-10-4-5-11-23/h15,18H,4-14H2,1-3H3,(H,21,22). The summed E-state index contributed by atoms with van der Waals surface area (Å²) < 4.78 is 0. The maximum atomic E-state index is 12.9. The molecule has 5 heteroatoms. The average molecular weight is 347 g/mol. The molecule has 1 amide bonds. The number of aryl methyl sites for hydroxylation is 2. The number of likely N-dealkylation sites (tertiary alicyclic amines) is 2. The summed E-state index contributed by atoms with van der Waals surface area (Å²) in [5.41, 5.74) is 3.06. The van der Waals surface area contributed by atoms with Gasteiger partial charge in [-0.1, -0.05) is 0 Å². The normalized spacial score (nSPS) is 21.0. The number of aromatic amines is 1. The quantitative estimate of drug-likeness (QED) is 0.860. The Balaban J connectivity index is 1.42. The van der Waals surface area contributed by atoms with Gasteiger partial charge < -0.3 is 9.80 Å². The summed E-state index contributed by atoms with van der Waals surface area (Å²) in [7, 11) is 0. The molecule has 0 radical (unpaired) electrons. The lowest BCUT2D eigenvalue weighted by Gasteiger charge is -2.34. The molecular weight excluding hydrogens is 312 g/mol. The SMILES string of the molecule is Cc1n[nH]c(C)c1C(C)C(=O)N1CCC(CCCN2CCCC2)CC1. The van der Waals surface area contributed by atoms with E-state index in [1.165, 1.54) is 58.2 Å². The zero-order valence-corrected chi connectivity index (χ0v) is 16.2. The fourth-order valence-electron chi connectivity index (χ4n) is 4.65. The number of amides is 1. The van der Waals surface area contributed by atoms with Crippen LogP contribution in [-0.4, -0.2) is 58.6 Å². The van der Waals surface area contributed by atoms with Crippen molar-refractivity contribution in [3.8, 4) is 0 Å². The zero-order valence-electron chi connectivity index (χ0n) is 16.2. The molecule has 1 atom stereocenters. The van der Waals surface area contributed by atoms with Gasteiger partial charge in [0.1, 0.15) is 0 Å². The number of carbonyl (C=O) groups is 1. The molecule has 2 fully saturated rings. The van der Waals surface area contributed by atoms with Gasteiger partial charge in [-0.05, 0) is 84.8 Å². The maximum Gasteiger partial charge on any atom is 0.229 e. The summed E-state index contributed by atoms with van der Waals surface area (Å²) in [6, 6.07) is 0. The van der Waals surface area contributed by atoms with Crippen LogP contribution in [0.15, 0.2) is 0 Å². The minimum Gasteiger partial charge on any atom is -0.342 e. The van der Waals surface area contributed by atoms with Crippen molar-refractivity contribution in [2.75, 3.05) is 32.7 Å². The summed E-state index contributed by atoms with van der Waals surface area (Å²) >= 11 is 0. The van der Waals surface area contributed by atoms with E-state index in [1.54, 1.807) is 0 Å². The molecule has 3 rings (SSSR count). The summed E-state index contributed by atoms with van der Waals surface area (Å²) in [4.78, 5) is 17.6. The highest BCUT2D eigenvalue weighted by molar-refractivity contribution is 5.84. The smallest absolute Gasteiger partial charge is 0.229 e. The first-order valence-corrected chi connectivity index (χ1v) is 10.1. The topological polar surface area (TPSA) is 52.2 Å². The van der Waals surface area contributed by atoms with Gasteiger partial charge >= 0.3 is 0 Å². The molecule has 0 aromatic carbocycles. The van der Waals surface area contributed by atoms with Crippen LogP contribution in [0.2, 0.25) is 0 Å². The molecule has 0 saturated carbocycles. The Morgan fingerprint density at radius 3 is 2.48 bits per heavy atom. The summed E-state index contributed by atoms with van der Waals surface area (Å²) in [5, 5.41) is 7.25. The number of rotatable bonds is 6. The lowest BCUT2D eigenvalue weighted by Crippen LogP contribution is -2.40. The highest BCUT2D eigenvalue weighted by Crippen LogP contribution is 2.27. The Morgan fingerprint density at radius 2 is 1.88 bits per heavy atom. The molecule has 2 aliphatic rings. The largest absolute Gasteiger partial charge is 0.342 e. The first-order valence-electron chi connectivity index (χ1n) is 10.1. The van der Waals surface area contributed by atoms with E-state index in [1.807, 2.05) is 20.8 Å². The second kappa shape index (κ2) is 8.35. The van der Waals surface area contributed by atoms with Crippen molar-refractivity contribution in [3.63, 3.8) is 0 Å². The molecule has 0 aliphatic carbocycles. The first-order chi connectivity index (χ1) is 12.1. The number of hydrogen-bond donors (Lipinski definition) is 1. The Kier molecular flexibility index (Phi) is 6.15. The van der Waals surface area contributed by atoms with Gasteiger partial charge in [0.2, 0.25) is 5.91 Å². The lowest BCUT2D eigenvalue weighted by atomic mass is 9.90. The van der Waals surface area contributed by atoms with Crippen molar-refractivity contribution in [2.45, 2.75) is 65.2 Å². The van der Waals surface area contributed by atoms with E-state index in [4.69, 9.17) is 0 Å². The van der Waals surface area contributed by atoms with E-state index in [0.717, 1.165) is 36.0 Å². The van der Waals surface area contributed by atoms with Gasteiger partial charge in [-0.15, -0.1) is 0 Å². The number of carbonyl (C=O) groups excluding carboxylic acids is 1. The van der Waals surface area contributed by atoms with Crippen molar-refractivity contribution < 1.29 is 4.79 Å². The monoisotopic (exact) mass is 346 g/mol. The van der Waals surface area contributed by atoms with Crippen LogP contribution in [0.25, 0.3) is 0 Å². The molecule has 25 heavy (non-hydrogen) atoms. The molecule has 3 heterocycles. The van der Waals surface area contributed by atoms with Crippen molar-refractivity contribution in [1.82, 2.24) is 20.0 Å². The van der Waals surface area contributed by atoms with Crippen LogP contribution in [-0.2, 0) is 4.79 Å². The van der Waals surface area contributed by atoms with Gasteiger partial charge in [0.25, 0.3) is 0 Å². The van der Waals surface area contributed by atoms with Gasteiger partial charge in [0.15, 0.2) is 0 Å². The third-order valence-corrected chi connectivity index (χ3v) is 6.20. The summed E-state index contributed by atoms with van der Waals surface area (Å²) in [6.45, 7) is 11.7. The molecule has 1 aromatic rings. The van der Waals surface area contributed by atoms with Gasteiger partial charge in [0, 0.05) is 24.3 Å². The van der Waals surface area contributed by atoms with E-state index in [0.29, 0.717) is 0 Å². The number of aromatic nitrogens is 2. The molecule has 1 unspecified atom stereocenters. The lowest BCUT2D eigenvalue weighted by molar-refractivity contribution is -0.133. The third kappa shape index (κ3) is 4.43. The van der Waals surface area contributed by atoms with Gasteiger partial charge in [0.05, 0.1) is 11.6 Å². The molecule has 0 bridgehead atoms. The van der Waals surface area contributed by atoms with E-state index in [9.17, 15) is 4.79 Å². The molecule has 140 valence electrons. The van der Waals surface area contributed by atoms with Crippen LogP contribution in [0.3, 0.4) is 0 Å². The maximum absolute atomic E-state index is 12.9. The molecular formula is C20H34N4O. The fraction of sp³-hybridized carbons (Fsp3) is 0.800. The van der Waals surface area contributed by atoms with Gasteiger partial charge in [-0.3, -0.25) is 9.89 Å². The second-order valence-corrected chi connectivity index (χ2v) is 8.03. The molecule has 2 saturated heterocycles. The van der Waals surface area contributed by atoms with Crippen molar-refractivity contribution in [3.05, 3.63) is 17.0 Å².